The molecule has 7 nitrogen and oxygen atoms in total. The van der Waals surface area contributed by atoms with Crippen molar-refractivity contribution in [2.24, 2.45) is 0 Å². The maximum Gasteiger partial charge on any atom is 0.303 e. The largest absolute Gasteiger partial charge is 0.481 e. The summed E-state index contributed by atoms with van der Waals surface area (Å²) in [7, 11) is 0. The van der Waals surface area contributed by atoms with E-state index in [2.05, 4.69) is 27.5 Å². The van der Waals surface area contributed by atoms with Crippen molar-refractivity contribution in [2.45, 2.75) is 33.1 Å². The lowest BCUT2D eigenvalue weighted by Gasteiger charge is -2.08. The average molecular weight is 336 g/mol. The van der Waals surface area contributed by atoms with Gasteiger partial charge in [-0.25, -0.2) is 9.97 Å². The minimum Gasteiger partial charge on any atom is -0.481 e. The number of nitrogens with zero attached hydrogens (tertiary/aromatic N) is 2. The predicted octanol–water partition coefficient (Wildman–Crippen LogP) is 2.09. The van der Waals surface area contributed by atoms with Crippen molar-refractivity contribution in [2.75, 3.05) is 18.4 Å². The average Bonchev–Trinajstić information content (AvgIpc) is 2.79. The van der Waals surface area contributed by atoms with Crippen molar-refractivity contribution in [1.29, 1.82) is 0 Å². The number of fused-ring (bicyclic) bond motifs is 1. The van der Waals surface area contributed by atoms with E-state index in [0.29, 0.717) is 25.9 Å². The Hall–Kier alpha value is -2.22. The fourth-order valence-electron chi connectivity index (χ4n) is 2.17. The Morgan fingerprint density at radius 1 is 1.22 bits per heavy atom. The Morgan fingerprint density at radius 2 is 2.00 bits per heavy atom. The molecular weight excluding hydrogens is 316 g/mol. The van der Waals surface area contributed by atoms with Gasteiger partial charge in [0.1, 0.15) is 17.0 Å². The van der Waals surface area contributed by atoms with Crippen LogP contribution in [0.1, 0.15) is 29.7 Å². The number of amides is 1. The minimum absolute atomic E-state index is 0.0637. The van der Waals surface area contributed by atoms with Crippen LogP contribution < -0.4 is 10.6 Å². The van der Waals surface area contributed by atoms with Gasteiger partial charge in [0.05, 0.1) is 5.39 Å². The van der Waals surface area contributed by atoms with Crippen LogP contribution in [-0.2, 0) is 9.59 Å². The zero-order valence-electron chi connectivity index (χ0n) is 13.2. The third-order valence-electron chi connectivity index (χ3n) is 3.50. The molecule has 0 fully saturated rings. The highest BCUT2D eigenvalue weighted by atomic mass is 32.1. The number of carbonyl (C=O) groups excluding carboxylic acids is 1. The van der Waals surface area contributed by atoms with E-state index >= 15 is 0 Å². The molecule has 0 saturated carbocycles. The maximum atomic E-state index is 11.7. The molecule has 2 aromatic heterocycles. The second-order valence-corrected chi connectivity index (χ2v) is 6.41. The van der Waals surface area contributed by atoms with Gasteiger partial charge in [-0.1, -0.05) is 0 Å². The number of aromatic nitrogens is 2. The van der Waals surface area contributed by atoms with Gasteiger partial charge in [-0.2, -0.15) is 0 Å². The highest BCUT2D eigenvalue weighted by Gasteiger charge is 2.11. The summed E-state index contributed by atoms with van der Waals surface area (Å²) in [5.74, 6) is -0.211. The van der Waals surface area contributed by atoms with Crippen LogP contribution in [0.25, 0.3) is 10.2 Å². The summed E-state index contributed by atoms with van der Waals surface area (Å²) >= 11 is 1.63. The molecule has 0 aromatic carbocycles. The molecule has 0 saturated heterocycles. The molecule has 0 spiro atoms. The zero-order chi connectivity index (χ0) is 16.8. The number of hydrogen-bond acceptors (Lipinski definition) is 6. The van der Waals surface area contributed by atoms with Crippen molar-refractivity contribution >= 4 is 39.2 Å². The number of aryl methyl sites for hydroxylation is 2. The molecular formula is C15H20N4O3S. The number of rotatable bonds is 8. The van der Waals surface area contributed by atoms with Gasteiger partial charge >= 0.3 is 5.97 Å². The van der Waals surface area contributed by atoms with Crippen molar-refractivity contribution < 1.29 is 14.7 Å². The molecule has 2 rings (SSSR count). The summed E-state index contributed by atoms with van der Waals surface area (Å²) in [5.41, 5.74) is 1.16. The monoisotopic (exact) mass is 336 g/mol. The molecule has 23 heavy (non-hydrogen) atoms. The maximum absolute atomic E-state index is 11.7. The number of anilines is 1. The van der Waals surface area contributed by atoms with Gasteiger partial charge in [0.2, 0.25) is 5.91 Å². The van der Waals surface area contributed by atoms with Gasteiger partial charge in [-0.05, 0) is 25.8 Å². The summed E-state index contributed by atoms with van der Waals surface area (Å²) in [4.78, 5) is 32.7. The summed E-state index contributed by atoms with van der Waals surface area (Å²) in [6.45, 7) is 4.94. The van der Waals surface area contributed by atoms with E-state index in [1.807, 2.05) is 6.92 Å². The Labute approximate surface area is 138 Å². The molecule has 0 unspecified atom stereocenters. The smallest absolute Gasteiger partial charge is 0.303 e. The molecule has 0 bridgehead atoms. The standard InChI is InChI=1S/C15H20N4O3S/c1-9-10(2)23-15-13(9)14(18-8-19-15)17-7-5-11(20)16-6-3-4-12(21)22/h8H,3-7H2,1-2H3,(H,16,20)(H,21,22)(H,17,18,19). The number of carbonyl (C=O) groups is 2. The molecule has 0 aliphatic rings. The number of carboxylic acid groups (broad SMARTS) is 1. The highest BCUT2D eigenvalue weighted by Crippen LogP contribution is 2.32. The first kappa shape index (κ1) is 17.1. The number of thiophene rings is 1. The summed E-state index contributed by atoms with van der Waals surface area (Å²) in [5, 5.41) is 15.4. The molecule has 0 aliphatic carbocycles. The lowest BCUT2D eigenvalue weighted by atomic mass is 10.2. The Bertz CT molecular complexity index is 714. The first-order valence-corrected chi connectivity index (χ1v) is 8.23. The Kier molecular flexibility index (Phi) is 5.86. The molecule has 2 aromatic rings. The first-order chi connectivity index (χ1) is 11.0. The van der Waals surface area contributed by atoms with E-state index in [0.717, 1.165) is 21.6 Å². The van der Waals surface area contributed by atoms with Crippen LogP contribution in [0, 0.1) is 13.8 Å². The fourth-order valence-corrected chi connectivity index (χ4v) is 3.16. The molecule has 0 aliphatic heterocycles. The van der Waals surface area contributed by atoms with E-state index in [9.17, 15) is 9.59 Å². The second kappa shape index (κ2) is 7.87. The van der Waals surface area contributed by atoms with E-state index in [1.54, 1.807) is 11.3 Å². The van der Waals surface area contributed by atoms with Crippen LogP contribution in [0.4, 0.5) is 5.82 Å². The minimum atomic E-state index is -0.852. The van der Waals surface area contributed by atoms with Crippen LogP contribution in [0.3, 0.4) is 0 Å². The zero-order valence-corrected chi connectivity index (χ0v) is 14.0. The molecule has 3 N–H and O–H groups in total. The summed E-state index contributed by atoms with van der Waals surface area (Å²) in [6, 6.07) is 0. The van der Waals surface area contributed by atoms with Gasteiger partial charge in [-0.3, -0.25) is 9.59 Å². The fraction of sp³-hybridized carbons (Fsp3) is 0.467. The summed E-state index contributed by atoms with van der Waals surface area (Å²) in [6.07, 6.45) is 2.33. The number of carboxylic acids is 1. The third-order valence-corrected chi connectivity index (χ3v) is 4.61. The first-order valence-electron chi connectivity index (χ1n) is 7.42. The Balaban J connectivity index is 1.82. The molecule has 0 radical (unpaired) electrons. The quantitative estimate of drug-likeness (QED) is 0.638. The van der Waals surface area contributed by atoms with Gasteiger partial charge in [-0.15, -0.1) is 11.3 Å². The van der Waals surface area contributed by atoms with E-state index in [4.69, 9.17) is 5.11 Å². The van der Waals surface area contributed by atoms with Gasteiger partial charge < -0.3 is 15.7 Å². The van der Waals surface area contributed by atoms with Crippen molar-refractivity contribution in [1.82, 2.24) is 15.3 Å². The number of aliphatic carboxylic acids is 1. The van der Waals surface area contributed by atoms with Crippen LogP contribution in [0.5, 0.6) is 0 Å². The van der Waals surface area contributed by atoms with E-state index < -0.39 is 5.97 Å². The molecule has 0 atom stereocenters. The van der Waals surface area contributed by atoms with Crippen molar-refractivity contribution in [3.05, 3.63) is 16.8 Å². The summed E-state index contributed by atoms with van der Waals surface area (Å²) < 4.78 is 0. The van der Waals surface area contributed by atoms with Crippen LogP contribution >= 0.6 is 11.3 Å². The topological polar surface area (TPSA) is 104 Å². The van der Waals surface area contributed by atoms with E-state index in [1.165, 1.54) is 11.2 Å². The van der Waals surface area contributed by atoms with Crippen LogP contribution in [-0.4, -0.2) is 40.0 Å². The van der Waals surface area contributed by atoms with Gasteiger partial charge in [0.15, 0.2) is 0 Å². The Morgan fingerprint density at radius 3 is 2.74 bits per heavy atom. The SMILES string of the molecule is Cc1sc2ncnc(NCCC(=O)NCCCC(=O)O)c2c1C. The second-order valence-electron chi connectivity index (χ2n) is 5.21. The lowest BCUT2D eigenvalue weighted by Crippen LogP contribution is -2.26. The molecule has 124 valence electrons. The molecule has 1 amide bonds. The van der Waals surface area contributed by atoms with Gasteiger partial charge in [0, 0.05) is 30.8 Å². The normalized spacial score (nSPS) is 10.7. The predicted molar refractivity (Wildman–Crippen MR) is 89.9 cm³/mol. The van der Waals surface area contributed by atoms with Crippen LogP contribution in [0.15, 0.2) is 6.33 Å². The number of hydrogen-bond donors (Lipinski definition) is 3. The van der Waals surface area contributed by atoms with Crippen LogP contribution in [0.2, 0.25) is 0 Å². The van der Waals surface area contributed by atoms with Crippen molar-refractivity contribution in [3.8, 4) is 0 Å². The highest BCUT2D eigenvalue weighted by molar-refractivity contribution is 7.18. The van der Waals surface area contributed by atoms with Crippen molar-refractivity contribution in [3.63, 3.8) is 0 Å². The number of nitrogens with one attached hydrogen (secondary N) is 2. The lowest BCUT2D eigenvalue weighted by molar-refractivity contribution is -0.137. The van der Waals surface area contributed by atoms with Gasteiger partial charge in [0.25, 0.3) is 0 Å². The third kappa shape index (κ3) is 4.62. The molecule has 8 heteroatoms. The van der Waals surface area contributed by atoms with E-state index in [-0.39, 0.29) is 12.3 Å². The molecule has 2 heterocycles.